The minimum Gasteiger partial charge on any atom is -0.493 e. The van der Waals surface area contributed by atoms with E-state index in [4.69, 9.17) is 21.1 Å². The van der Waals surface area contributed by atoms with Gasteiger partial charge >= 0.3 is 5.97 Å². The molecule has 30 heavy (non-hydrogen) atoms. The summed E-state index contributed by atoms with van der Waals surface area (Å²) < 4.78 is 24.2. The van der Waals surface area contributed by atoms with E-state index in [1.165, 1.54) is 37.6 Å². The third-order valence-corrected chi connectivity index (χ3v) is 4.22. The van der Waals surface area contributed by atoms with Gasteiger partial charge in [-0.05, 0) is 60.2 Å². The van der Waals surface area contributed by atoms with Crippen molar-refractivity contribution < 1.29 is 23.5 Å². The first kappa shape index (κ1) is 21.0. The molecule has 8 heteroatoms. The van der Waals surface area contributed by atoms with Gasteiger partial charge < -0.3 is 9.47 Å². The van der Waals surface area contributed by atoms with Gasteiger partial charge in [-0.15, -0.1) is 0 Å². The number of rotatable bonds is 6. The van der Waals surface area contributed by atoms with Crippen LogP contribution in [0.25, 0.3) is 0 Å². The maximum Gasteiger partial charge on any atom is 0.343 e. The van der Waals surface area contributed by atoms with Crippen LogP contribution >= 0.6 is 11.6 Å². The Morgan fingerprint density at radius 1 is 1.03 bits per heavy atom. The minimum absolute atomic E-state index is 0.114. The van der Waals surface area contributed by atoms with Gasteiger partial charge in [-0.3, -0.25) is 4.79 Å². The molecule has 0 aliphatic carbocycles. The molecule has 0 fully saturated rings. The number of benzene rings is 3. The number of nitrogens with one attached hydrogen (secondary N) is 1. The Morgan fingerprint density at radius 3 is 2.47 bits per heavy atom. The Morgan fingerprint density at radius 2 is 1.77 bits per heavy atom. The molecule has 0 saturated heterocycles. The highest BCUT2D eigenvalue weighted by Crippen LogP contribution is 2.28. The molecule has 0 heterocycles. The average Bonchev–Trinajstić information content (AvgIpc) is 2.75. The third-order valence-electron chi connectivity index (χ3n) is 3.97. The van der Waals surface area contributed by atoms with Crippen LogP contribution in [0, 0.1) is 5.82 Å². The summed E-state index contributed by atoms with van der Waals surface area (Å²) in [6, 6.07) is 16.6. The van der Waals surface area contributed by atoms with Gasteiger partial charge in [0.1, 0.15) is 5.82 Å². The standard InChI is InChI=1S/C22H16ClFN2O4/c1-29-20-12-14(13-25-26-21(27)17-4-2-3-5-18(17)24)6-11-19(20)30-22(28)15-7-9-16(23)10-8-15/h2-13H,1H3,(H,26,27)/b25-13+. The molecule has 0 aliphatic rings. The predicted molar refractivity (Wildman–Crippen MR) is 111 cm³/mol. The molecule has 0 spiro atoms. The number of esters is 1. The highest BCUT2D eigenvalue weighted by atomic mass is 35.5. The van der Waals surface area contributed by atoms with E-state index in [0.717, 1.165) is 0 Å². The Bertz CT molecular complexity index is 1100. The lowest BCUT2D eigenvalue weighted by molar-refractivity contribution is 0.0729. The van der Waals surface area contributed by atoms with Crippen LogP contribution < -0.4 is 14.9 Å². The van der Waals surface area contributed by atoms with E-state index in [9.17, 15) is 14.0 Å². The molecule has 1 amide bonds. The molecular weight excluding hydrogens is 411 g/mol. The lowest BCUT2D eigenvalue weighted by atomic mass is 10.2. The first-order chi connectivity index (χ1) is 14.5. The van der Waals surface area contributed by atoms with Gasteiger partial charge in [-0.2, -0.15) is 5.10 Å². The van der Waals surface area contributed by atoms with Gasteiger partial charge in [0.25, 0.3) is 5.91 Å². The summed E-state index contributed by atoms with van der Waals surface area (Å²) in [6.45, 7) is 0. The van der Waals surface area contributed by atoms with Gasteiger partial charge in [0.15, 0.2) is 11.5 Å². The molecule has 0 aromatic heterocycles. The van der Waals surface area contributed by atoms with Crippen molar-refractivity contribution in [3.05, 3.63) is 94.3 Å². The van der Waals surface area contributed by atoms with E-state index in [2.05, 4.69) is 10.5 Å². The Kier molecular flexibility index (Phi) is 6.77. The second-order valence-corrected chi connectivity index (χ2v) is 6.42. The fourth-order valence-electron chi connectivity index (χ4n) is 2.46. The maximum atomic E-state index is 13.6. The molecule has 3 aromatic rings. The molecule has 0 saturated carbocycles. The van der Waals surface area contributed by atoms with Crippen LogP contribution in [0.3, 0.4) is 0 Å². The maximum absolute atomic E-state index is 13.6. The number of ether oxygens (including phenoxy) is 2. The number of hydrogen-bond donors (Lipinski definition) is 1. The molecule has 3 aromatic carbocycles. The fourth-order valence-corrected chi connectivity index (χ4v) is 2.59. The molecule has 152 valence electrons. The van der Waals surface area contributed by atoms with Crippen molar-refractivity contribution in [2.24, 2.45) is 5.10 Å². The summed E-state index contributed by atoms with van der Waals surface area (Å²) in [5, 5.41) is 4.32. The monoisotopic (exact) mass is 426 g/mol. The quantitative estimate of drug-likeness (QED) is 0.273. The molecule has 1 N–H and O–H groups in total. The van der Waals surface area contributed by atoms with E-state index < -0.39 is 17.7 Å². The Balaban J connectivity index is 1.68. The number of hydrogen-bond acceptors (Lipinski definition) is 5. The zero-order valence-corrected chi connectivity index (χ0v) is 16.5. The topological polar surface area (TPSA) is 77.0 Å². The SMILES string of the molecule is COc1cc(/C=N/NC(=O)c2ccccc2F)ccc1OC(=O)c1ccc(Cl)cc1. The fraction of sp³-hybridized carbons (Fsp3) is 0.0455. The largest absolute Gasteiger partial charge is 0.493 e. The predicted octanol–water partition coefficient (Wildman–Crippen LogP) is 4.47. The normalized spacial score (nSPS) is 10.6. The molecule has 0 unspecified atom stereocenters. The van der Waals surface area contributed by atoms with E-state index in [1.807, 2.05) is 0 Å². The van der Waals surface area contributed by atoms with Gasteiger partial charge in [-0.1, -0.05) is 23.7 Å². The van der Waals surface area contributed by atoms with Gasteiger partial charge in [-0.25, -0.2) is 14.6 Å². The lowest BCUT2D eigenvalue weighted by Gasteiger charge is -2.10. The number of amides is 1. The van der Waals surface area contributed by atoms with Crippen molar-refractivity contribution in [3.63, 3.8) is 0 Å². The zero-order chi connectivity index (χ0) is 21.5. The number of methoxy groups -OCH3 is 1. The summed E-state index contributed by atoms with van der Waals surface area (Å²) >= 11 is 5.82. The van der Waals surface area contributed by atoms with E-state index >= 15 is 0 Å². The molecular formula is C22H16ClFN2O4. The number of carbonyl (C=O) groups is 2. The molecule has 6 nitrogen and oxygen atoms in total. The number of hydrazone groups is 1. The van der Waals surface area contributed by atoms with Crippen molar-refractivity contribution >= 4 is 29.7 Å². The summed E-state index contributed by atoms with van der Waals surface area (Å²) in [5.41, 5.74) is 3.04. The average molecular weight is 427 g/mol. The van der Waals surface area contributed by atoms with Crippen molar-refractivity contribution in [1.29, 1.82) is 0 Å². The zero-order valence-electron chi connectivity index (χ0n) is 15.8. The number of halogens is 2. The van der Waals surface area contributed by atoms with E-state index in [-0.39, 0.29) is 11.3 Å². The molecule has 0 bridgehead atoms. The van der Waals surface area contributed by atoms with Crippen molar-refractivity contribution in [2.75, 3.05) is 7.11 Å². The molecule has 0 radical (unpaired) electrons. The highest BCUT2D eigenvalue weighted by molar-refractivity contribution is 6.30. The summed E-state index contributed by atoms with van der Waals surface area (Å²) in [4.78, 5) is 24.2. The molecule has 3 rings (SSSR count). The first-order valence-corrected chi connectivity index (χ1v) is 9.09. The van der Waals surface area contributed by atoms with Gasteiger partial charge in [0.2, 0.25) is 0 Å². The van der Waals surface area contributed by atoms with E-state index in [0.29, 0.717) is 21.9 Å². The molecule has 0 atom stereocenters. The second-order valence-electron chi connectivity index (χ2n) is 5.99. The minimum atomic E-state index is -0.676. The van der Waals surface area contributed by atoms with Crippen molar-refractivity contribution in [2.45, 2.75) is 0 Å². The van der Waals surface area contributed by atoms with Crippen LogP contribution in [0.4, 0.5) is 4.39 Å². The summed E-state index contributed by atoms with van der Waals surface area (Å²) in [7, 11) is 1.43. The first-order valence-electron chi connectivity index (χ1n) is 8.71. The van der Waals surface area contributed by atoms with E-state index in [1.54, 1.807) is 42.5 Å². The van der Waals surface area contributed by atoms with Gasteiger partial charge in [0.05, 0.1) is 24.5 Å². The number of nitrogens with zero attached hydrogens (tertiary/aromatic N) is 1. The van der Waals surface area contributed by atoms with Crippen LogP contribution in [-0.2, 0) is 0 Å². The van der Waals surface area contributed by atoms with Crippen LogP contribution in [0.1, 0.15) is 26.3 Å². The van der Waals surface area contributed by atoms with Crippen LogP contribution in [-0.4, -0.2) is 25.2 Å². The smallest absolute Gasteiger partial charge is 0.343 e. The highest BCUT2D eigenvalue weighted by Gasteiger charge is 2.13. The van der Waals surface area contributed by atoms with Crippen LogP contribution in [0.15, 0.2) is 71.8 Å². The third kappa shape index (κ3) is 5.21. The summed E-state index contributed by atoms with van der Waals surface area (Å²) in [5.74, 6) is -1.38. The van der Waals surface area contributed by atoms with Gasteiger partial charge in [0, 0.05) is 5.02 Å². The Labute approximate surface area is 176 Å². The molecule has 0 aliphatic heterocycles. The Hall–Kier alpha value is -3.71. The number of carbonyl (C=O) groups excluding carboxylic acids is 2. The van der Waals surface area contributed by atoms with Crippen LogP contribution in [0.2, 0.25) is 5.02 Å². The second kappa shape index (κ2) is 9.67. The van der Waals surface area contributed by atoms with Crippen molar-refractivity contribution in [1.82, 2.24) is 5.43 Å². The van der Waals surface area contributed by atoms with Crippen molar-refractivity contribution in [3.8, 4) is 11.5 Å². The lowest BCUT2D eigenvalue weighted by Crippen LogP contribution is -2.18. The van der Waals surface area contributed by atoms with Crippen LogP contribution in [0.5, 0.6) is 11.5 Å². The summed E-state index contributed by atoms with van der Waals surface area (Å²) in [6.07, 6.45) is 1.35.